The molecule has 1 atom stereocenters. The summed E-state index contributed by atoms with van der Waals surface area (Å²) in [6, 6.07) is 60.3. The molecule has 0 aliphatic carbocycles. The zero-order valence-electron chi connectivity index (χ0n) is 27.0. The standard InChI is InChI=1S/C45H30N4S/c1-4-13-29(14-5-1)43-46-44(30-15-6-2-7-16-30)48-45(47-43)32-24-26-41-38(28-32)36-21-12-20-34(42(36)50-41)31-23-25-40-37(27-31)35-19-10-11-22-39(35)49(40)33-17-8-3-9-18-33/h1-28,43H,(H,46,47,48). The molecule has 3 heterocycles. The van der Waals surface area contributed by atoms with Gasteiger partial charge >= 0.3 is 0 Å². The number of rotatable bonds is 5. The molecule has 0 fully saturated rings. The van der Waals surface area contributed by atoms with Crippen molar-refractivity contribution in [2.45, 2.75) is 6.17 Å². The number of fused-ring (bicyclic) bond motifs is 6. The Morgan fingerprint density at radius 1 is 0.520 bits per heavy atom. The lowest BCUT2D eigenvalue weighted by atomic mass is 10.00. The van der Waals surface area contributed by atoms with E-state index in [-0.39, 0.29) is 6.17 Å². The molecule has 2 aromatic heterocycles. The number of hydrogen-bond acceptors (Lipinski definition) is 4. The van der Waals surface area contributed by atoms with Crippen molar-refractivity contribution in [1.29, 1.82) is 0 Å². The fraction of sp³-hybridized carbons (Fsp3) is 0.0222. The average Bonchev–Trinajstić information content (AvgIpc) is 3.74. The van der Waals surface area contributed by atoms with Gasteiger partial charge in [-0.05, 0) is 65.2 Å². The maximum Gasteiger partial charge on any atom is 0.159 e. The topological polar surface area (TPSA) is 41.7 Å². The molecule has 5 heteroatoms. The van der Waals surface area contributed by atoms with Crippen molar-refractivity contribution in [3.05, 3.63) is 187 Å². The lowest BCUT2D eigenvalue weighted by molar-refractivity contribution is 0.674. The van der Waals surface area contributed by atoms with E-state index in [9.17, 15) is 0 Å². The van der Waals surface area contributed by atoms with Crippen LogP contribution in [0.4, 0.5) is 0 Å². The van der Waals surface area contributed by atoms with Crippen molar-refractivity contribution in [3.63, 3.8) is 0 Å². The summed E-state index contributed by atoms with van der Waals surface area (Å²) in [5.74, 6) is 1.56. The molecule has 0 saturated heterocycles. The monoisotopic (exact) mass is 658 g/mol. The molecule has 0 amide bonds. The van der Waals surface area contributed by atoms with Crippen LogP contribution < -0.4 is 5.32 Å². The number of nitrogens with zero attached hydrogens (tertiary/aromatic N) is 3. The summed E-state index contributed by atoms with van der Waals surface area (Å²) < 4.78 is 4.91. The minimum absolute atomic E-state index is 0.233. The summed E-state index contributed by atoms with van der Waals surface area (Å²) in [5, 5.41) is 8.64. The molecule has 50 heavy (non-hydrogen) atoms. The molecule has 1 aliphatic heterocycles. The van der Waals surface area contributed by atoms with E-state index in [1.807, 2.05) is 35.6 Å². The largest absolute Gasteiger partial charge is 0.344 e. The summed E-state index contributed by atoms with van der Waals surface area (Å²) in [6.07, 6.45) is -0.233. The summed E-state index contributed by atoms with van der Waals surface area (Å²) in [7, 11) is 0. The third-order valence-electron chi connectivity index (χ3n) is 9.66. The molecule has 9 aromatic rings. The van der Waals surface area contributed by atoms with Gasteiger partial charge in [0.15, 0.2) is 5.84 Å². The first kappa shape index (κ1) is 28.7. The molecular weight excluding hydrogens is 629 g/mol. The Kier molecular flexibility index (Phi) is 6.71. The van der Waals surface area contributed by atoms with Gasteiger partial charge < -0.3 is 9.88 Å². The van der Waals surface area contributed by atoms with E-state index >= 15 is 0 Å². The lowest BCUT2D eigenvalue weighted by Gasteiger charge is -2.23. The van der Waals surface area contributed by atoms with Gasteiger partial charge in [-0.15, -0.1) is 11.3 Å². The molecule has 1 N–H and O–H groups in total. The number of hydrogen-bond donors (Lipinski definition) is 1. The maximum absolute atomic E-state index is 5.07. The van der Waals surface area contributed by atoms with Crippen LogP contribution in [0.15, 0.2) is 180 Å². The first-order valence-corrected chi connectivity index (χ1v) is 17.7. The zero-order valence-corrected chi connectivity index (χ0v) is 27.8. The van der Waals surface area contributed by atoms with Gasteiger partial charge in [-0.25, -0.2) is 9.98 Å². The highest BCUT2D eigenvalue weighted by Gasteiger charge is 2.22. The van der Waals surface area contributed by atoms with Crippen LogP contribution in [0, 0.1) is 0 Å². The van der Waals surface area contributed by atoms with Gasteiger partial charge in [0.05, 0.1) is 11.0 Å². The molecule has 7 aromatic carbocycles. The fourth-order valence-electron chi connectivity index (χ4n) is 7.29. The minimum atomic E-state index is -0.233. The van der Waals surface area contributed by atoms with Crippen LogP contribution in [0.25, 0.3) is 58.8 Å². The molecular formula is C45H30N4S. The third-order valence-corrected chi connectivity index (χ3v) is 10.9. The maximum atomic E-state index is 5.07. The number of aliphatic imine (C=N–C) groups is 2. The Labute approximate surface area is 293 Å². The van der Waals surface area contributed by atoms with Gasteiger partial charge in [0, 0.05) is 47.8 Å². The van der Waals surface area contributed by atoms with Crippen LogP contribution in [0.1, 0.15) is 22.9 Å². The Balaban J connectivity index is 1.09. The van der Waals surface area contributed by atoms with Crippen LogP contribution in [0.3, 0.4) is 0 Å². The van der Waals surface area contributed by atoms with Gasteiger partial charge in [0.25, 0.3) is 0 Å². The second-order valence-electron chi connectivity index (χ2n) is 12.7. The van der Waals surface area contributed by atoms with Crippen LogP contribution in [-0.2, 0) is 0 Å². The van der Waals surface area contributed by atoms with E-state index in [1.54, 1.807) is 0 Å². The fourth-order valence-corrected chi connectivity index (χ4v) is 8.51. The van der Waals surface area contributed by atoms with Gasteiger partial charge in [0.2, 0.25) is 0 Å². The van der Waals surface area contributed by atoms with Gasteiger partial charge in [-0.3, -0.25) is 0 Å². The normalized spacial score (nSPS) is 14.6. The Bertz CT molecular complexity index is 2780. The molecule has 1 unspecified atom stereocenters. The van der Waals surface area contributed by atoms with Crippen molar-refractivity contribution < 1.29 is 0 Å². The number of benzene rings is 7. The SMILES string of the molecule is c1ccc(C2=NC(c3ccccc3)NC(c3ccc4sc5c(-c6ccc7c(c6)c6ccccc6n7-c6ccccc6)cccc5c4c3)=N2)cc1. The van der Waals surface area contributed by atoms with Gasteiger partial charge in [0.1, 0.15) is 12.0 Å². The van der Waals surface area contributed by atoms with Crippen molar-refractivity contribution >= 4 is 65.0 Å². The Morgan fingerprint density at radius 3 is 2.04 bits per heavy atom. The molecule has 0 saturated carbocycles. The van der Waals surface area contributed by atoms with E-state index < -0.39 is 0 Å². The van der Waals surface area contributed by atoms with E-state index in [0.29, 0.717) is 0 Å². The van der Waals surface area contributed by atoms with Crippen molar-refractivity contribution in [3.8, 4) is 16.8 Å². The number of para-hydroxylation sites is 2. The molecule has 4 nitrogen and oxygen atoms in total. The van der Waals surface area contributed by atoms with E-state index in [2.05, 4.69) is 155 Å². The highest BCUT2D eigenvalue weighted by molar-refractivity contribution is 7.26. The van der Waals surface area contributed by atoms with Crippen LogP contribution in [0.5, 0.6) is 0 Å². The van der Waals surface area contributed by atoms with Crippen LogP contribution in [0.2, 0.25) is 0 Å². The first-order valence-electron chi connectivity index (χ1n) is 16.9. The van der Waals surface area contributed by atoms with Crippen LogP contribution >= 0.6 is 11.3 Å². The molecule has 1 aliphatic rings. The molecule has 0 spiro atoms. The highest BCUT2D eigenvalue weighted by Crippen LogP contribution is 2.42. The Hall–Kier alpha value is -6.30. The summed E-state index contributed by atoms with van der Waals surface area (Å²) in [5.41, 5.74) is 9.21. The second-order valence-corrected chi connectivity index (χ2v) is 13.7. The molecule has 0 bridgehead atoms. The van der Waals surface area contributed by atoms with Crippen LogP contribution in [-0.4, -0.2) is 16.2 Å². The van der Waals surface area contributed by atoms with Crippen molar-refractivity contribution in [1.82, 2.24) is 9.88 Å². The first-order chi connectivity index (χ1) is 24.8. The minimum Gasteiger partial charge on any atom is -0.344 e. The molecule has 236 valence electrons. The highest BCUT2D eigenvalue weighted by atomic mass is 32.1. The molecule has 0 radical (unpaired) electrons. The van der Waals surface area contributed by atoms with E-state index in [0.717, 1.165) is 28.4 Å². The number of nitrogens with one attached hydrogen (secondary N) is 1. The zero-order chi connectivity index (χ0) is 33.0. The predicted octanol–water partition coefficient (Wildman–Crippen LogP) is 11.3. The number of thiophene rings is 1. The number of amidine groups is 2. The number of aromatic nitrogens is 1. The van der Waals surface area contributed by atoms with Gasteiger partial charge in [-0.1, -0.05) is 121 Å². The van der Waals surface area contributed by atoms with Crippen molar-refractivity contribution in [2.24, 2.45) is 9.98 Å². The van der Waals surface area contributed by atoms with E-state index in [1.165, 1.54) is 58.8 Å². The predicted molar refractivity (Wildman–Crippen MR) is 211 cm³/mol. The smallest absolute Gasteiger partial charge is 0.159 e. The van der Waals surface area contributed by atoms with Gasteiger partial charge in [-0.2, -0.15) is 0 Å². The summed E-state index contributed by atoms with van der Waals surface area (Å²) in [6.45, 7) is 0. The Morgan fingerprint density at radius 2 is 1.20 bits per heavy atom. The quantitative estimate of drug-likeness (QED) is 0.196. The van der Waals surface area contributed by atoms with Crippen molar-refractivity contribution in [2.75, 3.05) is 0 Å². The molecule has 10 rings (SSSR count). The summed E-state index contributed by atoms with van der Waals surface area (Å²) in [4.78, 5) is 10.1. The average molecular weight is 659 g/mol. The van der Waals surface area contributed by atoms with E-state index in [4.69, 9.17) is 9.98 Å². The summed E-state index contributed by atoms with van der Waals surface area (Å²) >= 11 is 1.86. The third kappa shape index (κ3) is 4.74. The second kappa shape index (κ2) is 11.7. The lowest BCUT2D eigenvalue weighted by Crippen LogP contribution is -2.33.